The molecule has 0 fully saturated rings. The zero-order chi connectivity index (χ0) is 15.9. The zero-order valence-corrected chi connectivity index (χ0v) is 14.1. The second-order valence-electron chi connectivity index (χ2n) is 4.23. The second-order valence-corrected chi connectivity index (χ2v) is 7.18. The normalized spacial score (nSPS) is 13.7. The molecule has 1 aromatic heterocycles. The van der Waals surface area contributed by atoms with Crippen LogP contribution >= 0.6 is 19.5 Å². The highest BCUT2D eigenvalue weighted by molar-refractivity contribution is 7.98. The fourth-order valence-electron chi connectivity index (χ4n) is 1.44. The smallest absolute Gasteiger partial charge is 0.355 e. The number of imidazole rings is 1. The molecule has 1 atom stereocenters. The van der Waals surface area contributed by atoms with E-state index in [0.717, 1.165) is 27.6 Å². The van der Waals surface area contributed by atoms with Gasteiger partial charge in [0.1, 0.15) is 0 Å². The highest BCUT2D eigenvalue weighted by Crippen LogP contribution is 2.44. The summed E-state index contributed by atoms with van der Waals surface area (Å²) in [5.74, 6) is 1.41. The minimum absolute atomic E-state index is 0.115. The molecular weight excluding hydrogens is 313 g/mol. The highest BCUT2D eigenvalue weighted by Gasteiger charge is 2.27. The van der Waals surface area contributed by atoms with E-state index in [2.05, 4.69) is 15.3 Å². The summed E-state index contributed by atoms with van der Waals surface area (Å²) in [5, 5.41) is 10.5. The third-order valence-electron chi connectivity index (χ3n) is 2.71. The maximum absolute atomic E-state index is 11.7. The van der Waals surface area contributed by atoms with Crippen LogP contribution < -0.4 is 5.32 Å². The molecule has 21 heavy (non-hydrogen) atoms. The lowest BCUT2D eigenvalue weighted by atomic mass is 10.4. The summed E-state index contributed by atoms with van der Waals surface area (Å²) < 4.78 is 17.4. The molecule has 0 aliphatic heterocycles. The van der Waals surface area contributed by atoms with Gasteiger partial charge in [0, 0.05) is 30.8 Å². The van der Waals surface area contributed by atoms with Crippen molar-refractivity contribution in [3.8, 4) is 0 Å². The lowest BCUT2D eigenvalue weighted by Crippen LogP contribution is -2.37. The van der Waals surface area contributed by atoms with Crippen molar-refractivity contribution < 1.29 is 14.0 Å². The lowest BCUT2D eigenvalue weighted by molar-refractivity contribution is 0.243. The molecule has 0 saturated carbocycles. The number of nitrogens with zero attached hydrogens (tertiary/aromatic N) is 2. The second kappa shape index (κ2) is 8.43. The molecule has 4 N–H and O–H groups in total. The van der Waals surface area contributed by atoms with E-state index in [-0.39, 0.29) is 12.6 Å². The minimum Gasteiger partial charge on any atom is -0.355 e. The van der Waals surface area contributed by atoms with Crippen molar-refractivity contribution in [3.05, 3.63) is 17.7 Å². The number of thioether (sulfide) groups is 1. The number of H-pyrrole nitrogens is 1. The van der Waals surface area contributed by atoms with Crippen LogP contribution in [0, 0.1) is 12.3 Å². The van der Waals surface area contributed by atoms with Gasteiger partial charge in [0.25, 0.3) is 0 Å². The Balaban J connectivity index is 2.24. The summed E-state index contributed by atoms with van der Waals surface area (Å²) in [7, 11) is -2.56. The van der Waals surface area contributed by atoms with Crippen LogP contribution in [0.1, 0.15) is 18.3 Å². The number of rotatable bonds is 8. The maximum atomic E-state index is 11.7. The Morgan fingerprint density at radius 2 is 2.43 bits per heavy atom. The molecule has 0 aromatic carbocycles. The molecule has 0 spiro atoms. The third kappa shape index (κ3) is 5.70. The average Bonchev–Trinajstić information content (AvgIpc) is 2.83. The number of aryl methyl sites for hydroxylation is 1. The van der Waals surface area contributed by atoms with E-state index in [1.807, 2.05) is 6.92 Å². The van der Waals surface area contributed by atoms with Crippen LogP contribution in [0.4, 0.5) is 0 Å². The van der Waals surface area contributed by atoms with E-state index in [4.69, 9.17) is 9.93 Å². The first kappa shape index (κ1) is 18.0. The van der Waals surface area contributed by atoms with Crippen LogP contribution in [0.3, 0.4) is 0 Å². The van der Waals surface area contributed by atoms with Crippen LogP contribution in [-0.2, 0) is 14.8 Å². The van der Waals surface area contributed by atoms with Gasteiger partial charge in [-0.05, 0) is 13.8 Å². The Morgan fingerprint density at radius 1 is 1.71 bits per heavy atom. The Kier molecular flexibility index (Phi) is 7.24. The van der Waals surface area contributed by atoms with E-state index in [1.54, 1.807) is 25.0 Å². The molecule has 0 aliphatic carbocycles. The third-order valence-corrected chi connectivity index (χ3v) is 5.24. The molecule has 1 heterocycles. The standard InChI is InChI=1S/C11H22N5O3PS/c1-4-19-20(17,18)16(3)11(12)13-5-6-21-7-10-9(2)14-8-15-10/h8H,4-7H2,1-3H3,(H2,12,13)(H,14,15)(H,17,18). The molecule has 0 radical (unpaired) electrons. The number of aromatic nitrogens is 2. The van der Waals surface area contributed by atoms with Crippen molar-refractivity contribution in [2.24, 2.45) is 0 Å². The number of hydrogen-bond acceptors (Lipinski definition) is 5. The first-order chi connectivity index (χ1) is 9.88. The quantitative estimate of drug-likeness (QED) is 0.247. The summed E-state index contributed by atoms with van der Waals surface area (Å²) in [4.78, 5) is 16.8. The minimum atomic E-state index is -3.92. The number of guanidine groups is 1. The lowest BCUT2D eigenvalue weighted by Gasteiger charge is -2.24. The van der Waals surface area contributed by atoms with Crippen molar-refractivity contribution in [2.75, 3.05) is 26.0 Å². The number of nitrogens with one attached hydrogen (secondary N) is 3. The average molecular weight is 335 g/mol. The Bertz CT molecular complexity index is 510. The molecule has 0 aliphatic rings. The van der Waals surface area contributed by atoms with E-state index < -0.39 is 7.75 Å². The van der Waals surface area contributed by atoms with E-state index in [9.17, 15) is 9.46 Å². The molecule has 10 heteroatoms. The largest absolute Gasteiger partial charge is 0.434 e. The molecular formula is C11H22N5O3PS. The fourth-order valence-corrected chi connectivity index (χ4v) is 3.15. The molecule has 1 rings (SSSR count). The van der Waals surface area contributed by atoms with Gasteiger partial charge in [-0.3, -0.25) is 14.6 Å². The first-order valence-electron chi connectivity index (χ1n) is 6.49. The topological polar surface area (TPSA) is 114 Å². The molecule has 0 amide bonds. The van der Waals surface area contributed by atoms with Gasteiger partial charge in [0.2, 0.25) is 0 Å². The molecule has 120 valence electrons. The Hall–Kier alpha value is -1.02. The first-order valence-corrected chi connectivity index (χ1v) is 9.17. The van der Waals surface area contributed by atoms with Crippen LogP contribution in [0.2, 0.25) is 0 Å². The van der Waals surface area contributed by atoms with Gasteiger partial charge in [0.15, 0.2) is 5.96 Å². The SMILES string of the molecule is CCOP(=O)(O)N(C)C(=N)NCCSCc1nc[nH]c1C. The zero-order valence-electron chi connectivity index (χ0n) is 12.4. The maximum Gasteiger partial charge on any atom is 0.434 e. The summed E-state index contributed by atoms with van der Waals surface area (Å²) in [6, 6.07) is 0. The molecule has 0 bridgehead atoms. The van der Waals surface area contributed by atoms with Crippen LogP contribution in [0.5, 0.6) is 0 Å². The van der Waals surface area contributed by atoms with E-state index in [1.165, 1.54) is 7.05 Å². The Morgan fingerprint density at radius 3 is 3.00 bits per heavy atom. The number of hydrogen-bond donors (Lipinski definition) is 4. The van der Waals surface area contributed by atoms with E-state index in [0.29, 0.717) is 6.54 Å². The molecule has 8 nitrogen and oxygen atoms in total. The fraction of sp³-hybridized carbons (Fsp3) is 0.636. The predicted molar refractivity (Wildman–Crippen MR) is 84.4 cm³/mol. The van der Waals surface area contributed by atoms with Crippen molar-refractivity contribution >= 4 is 25.5 Å². The molecule has 1 unspecified atom stereocenters. The monoisotopic (exact) mass is 335 g/mol. The van der Waals surface area contributed by atoms with Crippen LogP contribution in [0.25, 0.3) is 0 Å². The highest BCUT2D eigenvalue weighted by atomic mass is 32.2. The van der Waals surface area contributed by atoms with Crippen molar-refractivity contribution in [1.29, 1.82) is 5.41 Å². The summed E-state index contributed by atoms with van der Waals surface area (Å²) in [6.07, 6.45) is 1.67. The van der Waals surface area contributed by atoms with Gasteiger partial charge in [-0.25, -0.2) is 9.55 Å². The molecule has 0 saturated heterocycles. The van der Waals surface area contributed by atoms with Crippen molar-refractivity contribution in [2.45, 2.75) is 19.6 Å². The molecule has 1 aromatic rings. The summed E-state index contributed by atoms with van der Waals surface area (Å²) in [5.41, 5.74) is 2.07. The summed E-state index contributed by atoms with van der Waals surface area (Å²) in [6.45, 7) is 4.23. The van der Waals surface area contributed by atoms with Gasteiger partial charge >= 0.3 is 7.75 Å². The number of aromatic amines is 1. The van der Waals surface area contributed by atoms with Gasteiger partial charge < -0.3 is 15.2 Å². The van der Waals surface area contributed by atoms with E-state index >= 15 is 0 Å². The van der Waals surface area contributed by atoms with Crippen molar-refractivity contribution in [1.82, 2.24) is 20.0 Å². The van der Waals surface area contributed by atoms with Crippen LogP contribution in [-0.4, -0.2) is 51.4 Å². The van der Waals surface area contributed by atoms with Gasteiger partial charge in [0.05, 0.1) is 18.6 Å². The van der Waals surface area contributed by atoms with Crippen molar-refractivity contribution in [3.63, 3.8) is 0 Å². The summed E-state index contributed by atoms with van der Waals surface area (Å²) >= 11 is 1.67. The van der Waals surface area contributed by atoms with Crippen LogP contribution in [0.15, 0.2) is 6.33 Å². The van der Waals surface area contributed by atoms with Gasteiger partial charge in [-0.15, -0.1) is 0 Å². The van der Waals surface area contributed by atoms with Gasteiger partial charge in [-0.2, -0.15) is 11.8 Å². The predicted octanol–water partition coefficient (Wildman–Crippen LogP) is 1.54. The van der Waals surface area contributed by atoms with Gasteiger partial charge in [-0.1, -0.05) is 0 Å². The Labute approximate surface area is 128 Å².